The summed E-state index contributed by atoms with van der Waals surface area (Å²) in [4.78, 5) is 11.3. The fourth-order valence-corrected chi connectivity index (χ4v) is 4.18. The van der Waals surface area contributed by atoms with Gasteiger partial charge in [0, 0.05) is 18.2 Å². The number of aryl methyl sites for hydroxylation is 1. The summed E-state index contributed by atoms with van der Waals surface area (Å²) in [5, 5.41) is 13.5. The molecule has 0 spiro atoms. The van der Waals surface area contributed by atoms with E-state index in [2.05, 4.69) is 20.8 Å². The van der Waals surface area contributed by atoms with E-state index in [9.17, 15) is 13.2 Å². The summed E-state index contributed by atoms with van der Waals surface area (Å²) in [5.74, 6) is -0.107. The lowest BCUT2D eigenvalue weighted by molar-refractivity contribution is -0.116. The van der Waals surface area contributed by atoms with Gasteiger partial charge in [-0.05, 0) is 46.7 Å². The number of hydrogen-bond donors (Lipinski definition) is 1. The number of benzene rings is 2. The highest BCUT2D eigenvalue weighted by Gasteiger charge is 2.25. The summed E-state index contributed by atoms with van der Waals surface area (Å²) in [6.07, 6.45) is 2.20. The minimum Gasteiger partial charge on any atom is -0.379 e. The zero-order valence-corrected chi connectivity index (χ0v) is 15.2. The average Bonchev–Trinajstić information content (AvgIpc) is 3.16. The Hall–Kier alpha value is -2.98. The van der Waals surface area contributed by atoms with E-state index in [4.69, 9.17) is 15.8 Å². The number of fused-ring (bicyclic) bond motifs is 1. The molecule has 1 aromatic heterocycles. The van der Waals surface area contributed by atoms with Crippen molar-refractivity contribution >= 4 is 33.3 Å². The molecular weight excluding hydrogens is 394 g/mol. The van der Waals surface area contributed by atoms with Crippen LogP contribution in [0.5, 0.6) is 5.75 Å². The summed E-state index contributed by atoms with van der Waals surface area (Å²) >= 11 is 6.16. The van der Waals surface area contributed by atoms with Gasteiger partial charge in [0.2, 0.25) is 5.91 Å². The van der Waals surface area contributed by atoms with Gasteiger partial charge in [-0.2, -0.15) is 8.42 Å². The molecule has 0 atom stereocenters. The van der Waals surface area contributed by atoms with Crippen molar-refractivity contribution in [2.24, 2.45) is 0 Å². The van der Waals surface area contributed by atoms with E-state index < -0.39 is 10.1 Å². The van der Waals surface area contributed by atoms with E-state index in [0.29, 0.717) is 24.2 Å². The van der Waals surface area contributed by atoms with Gasteiger partial charge in [-0.25, -0.2) is 4.68 Å². The van der Waals surface area contributed by atoms with Crippen molar-refractivity contribution in [2.75, 3.05) is 5.32 Å². The van der Waals surface area contributed by atoms with E-state index in [-0.39, 0.29) is 21.6 Å². The van der Waals surface area contributed by atoms with Gasteiger partial charge in [0.15, 0.2) is 0 Å². The standard InChI is InChI=1S/C16H12ClN5O4S/c17-13-6-10-4-5-16(23)19-14(10)8-15(13)27(24,25)26-12-3-1-2-11(7-12)22-9-18-20-21-22/h1-3,6-9H,4-5H2,(H,19,23). The molecule has 0 aliphatic carbocycles. The summed E-state index contributed by atoms with van der Waals surface area (Å²) < 4.78 is 32.0. The smallest absolute Gasteiger partial charge is 0.340 e. The van der Waals surface area contributed by atoms with Crippen LogP contribution in [0.25, 0.3) is 5.69 Å². The number of anilines is 1. The quantitative estimate of drug-likeness (QED) is 0.659. The van der Waals surface area contributed by atoms with Crippen LogP contribution in [0.1, 0.15) is 12.0 Å². The second-order valence-electron chi connectivity index (χ2n) is 5.78. The molecule has 1 amide bonds. The first-order valence-corrected chi connectivity index (χ1v) is 9.61. The number of rotatable bonds is 4. The molecule has 2 aromatic carbocycles. The molecule has 0 fully saturated rings. The Morgan fingerprint density at radius 2 is 2.04 bits per heavy atom. The molecule has 1 N–H and O–H groups in total. The Bertz CT molecular complexity index is 1130. The van der Waals surface area contributed by atoms with E-state index in [1.54, 1.807) is 12.1 Å². The molecule has 3 aromatic rings. The summed E-state index contributed by atoms with van der Waals surface area (Å²) in [7, 11) is -4.22. The molecule has 9 nitrogen and oxygen atoms in total. The molecule has 0 bridgehead atoms. The van der Waals surface area contributed by atoms with Crippen LogP contribution in [0.3, 0.4) is 0 Å². The van der Waals surface area contributed by atoms with E-state index in [1.807, 2.05) is 0 Å². The predicted octanol–water partition coefficient (Wildman–Crippen LogP) is 1.97. The number of aromatic nitrogens is 4. The molecule has 11 heteroatoms. The lowest BCUT2D eigenvalue weighted by Gasteiger charge is -2.18. The van der Waals surface area contributed by atoms with Gasteiger partial charge < -0.3 is 9.50 Å². The molecule has 0 radical (unpaired) electrons. The maximum Gasteiger partial charge on any atom is 0.340 e. The topological polar surface area (TPSA) is 116 Å². The van der Waals surface area contributed by atoms with Gasteiger partial charge in [-0.15, -0.1) is 5.10 Å². The molecule has 1 aliphatic heterocycles. The van der Waals surface area contributed by atoms with Crippen LogP contribution in [-0.2, 0) is 21.3 Å². The maximum absolute atomic E-state index is 12.7. The average molecular weight is 406 g/mol. The number of amides is 1. The van der Waals surface area contributed by atoms with Crippen molar-refractivity contribution in [3.05, 3.63) is 53.3 Å². The summed E-state index contributed by atoms with van der Waals surface area (Å²) in [5.41, 5.74) is 1.72. The van der Waals surface area contributed by atoms with E-state index >= 15 is 0 Å². The first-order valence-electron chi connectivity index (χ1n) is 7.82. The highest BCUT2D eigenvalue weighted by Crippen LogP contribution is 2.33. The van der Waals surface area contributed by atoms with Gasteiger partial charge >= 0.3 is 10.1 Å². The molecule has 0 unspecified atom stereocenters. The van der Waals surface area contributed by atoms with Gasteiger partial charge in [-0.1, -0.05) is 17.7 Å². The molecule has 0 saturated heterocycles. The Kier molecular flexibility index (Phi) is 4.28. The molecule has 4 rings (SSSR count). The van der Waals surface area contributed by atoms with Gasteiger partial charge in [0.25, 0.3) is 0 Å². The molecule has 1 aliphatic rings. The fraction of sp³-hybridized carbons (Fsp3) is 0.125. The highest BCUT2D eigenvalue weighted by atomic mass is 35.5. The molecule has 27 heavy (non-hydrogen) atoms. The number of tetrazole rings is 1. The maximum atomic E-state index is 12.7. The van der Waals surface area contributed by atoms with Crippen LogP contribution >= 0.6 is 11.6 Å². The molecular formula is C16H12ClN5O4S. The normalized spacial score (nSPS) is 13.7. The van der Waals surface area contributed by atoms with Crippen molar-refractivity contribution in [1.29, 1.82) is 0 Å². The van der Waals surface area contributed by atoms with Crippen molar-refractivity contribution < 1.29 is 17.4 Å². The SMILES string of the molecule is O=C1CCc2cc(Cl)c(S(=O)(=O)Oc3cccc(-n4cnnn4)c3)cc2N1. The first-order chi connectivity index (χ1) is 12.9. The number of carbonyl (C=O) groups is 1. The van der Waals surface area contributed by atoms with Gasteiger partial charge in [0.1, 0.15) is 17.0 Å². The number of nitrogens with one attached hydrogen (secondary N) is 1. The minimum atomic E-state index is -4.22. The lowest BCUT2D eigenvalue weighted by atomic mass is 10.0. The molecule has 2 heterocycles. The largest absolute Gasteiger partial charge is 0.379 e. The number of halogens is 1. The van der Waals surface area contributed by atoms with Crippen LogP contribution in [0.2, 0.25) is 5.02 Å². The predicted molar refractivity (Wildman–Crippen MR) is 95.4 cm³/mol. The van der Waals surface area contributed by atoms with Crippen molar-refractivity contribution in [2.45, 2.75) is 17.7 Å². The highest BCUT2D eigenvalue weighted by molar-refractivity contribution is 7.87. The summed E-state index contributed by atoms with van der Waals surface area (Å²) in [6, 6.07) is 9.11. The Balaban J connectivity index is 1.68. The second kappa shape index (κ2) is 6.63. The van der Waals surface area contributed by atoms with Crippen LogP contribution in [-0.4, -0.2) is 34.5 Å². The summed E-state index contributed by atoms with van der Waals surface area (Å²) in [6.45, 7) is 0. The zero-order chi connectivity index (χ0) is 19.0. The molecule has 138 valence electrons. The van der Waals surface area contributed by atoms with Crippen LogP contribution in [0, 0.1) is 0 Å². The third-order valence-corrected chi connectivity index (χ3v) is 5.67. The fourth-order valence-electron chi connectivity index (χ4n) is 2.70. The number of nitrogens with zero attached hydrogens (tertiary/aromatic N) is 4. The van der Waals surface area contributed by atoms with Crippen LogP contribution < -0.4 is 9.50 Å². The van der Waals surface area contributed by atoms with Crippen molar-refractivity contribution in [1.82, 2.24) is 20.2 Å². The third kappa shape index (κ3) is 3.49. The third-order valence-electron chi connectivity index (χ3n) is 3.96. The first kappa shape index (κ1) is 17.4. The second-order valence-corrected chi connectivity index (χ2v) is 7.70. The van der Waals surface area contributed by atoms with Crippen LogP contribution in [0.15, 0.2) is 47.6 Å². The Labute approximate surface area is 159 Å². The minimum absolute atomic E-state index is 0.0292. The van der Waals surface area contributed by atoms with Crippen LogP contribution in [0.4, 0.5) is 5.69 Å². The number of hydrogen-bond acceptors (Lipinski definition) is 7. The lowest BCUT2D eigenvalue weighted by Crippen LogP contribution is -2.20. The Morgan fingerprint density at radius 3 is 2.81 bits per heavy atom. The van der Waals surface area contributed by atoms with Crippen molar-refractivity contribution in [3.63, 3.8) is 0 Å². The molecule has 0 saturated carbocycles. The Morgan fingerprint density at radius 1 is 1.19 bits per heavy atom. The van der Waals surface area contributed by atoms with Gasteiger partial charge in [-0.3, -0.25) is 4.79 Å². The van der Waals surface area contributed by atoms with E-state index in [0.717, 1.165) is 5.56 Å². The van der Waals surface area contributed by atoms with E-state index in [1.165, 1.54) is 35.3 Å². The number of carbonyl (C=O) groups excluding carboxylic acids is 1. The van der Waals surface area contributed by atoms with Gasteiger partial charge in [0.05, 0.1) is 10.7 Å². The monoisotopic (exact) mass is 405 g/mol. The zero-order valence-electron chi connectivity index (χ0n) is 13.7. The van der Waals surface area contributed by atoms with Crippen molar-refractivity contribution in [3.8, 4) is 11.4 Å².